The van der Waals surface area contributed by atoms with Crippen molar-refractivity contribution in [2.24, 2.45) is 0 Å². The normalized spacial score (nSPS) is 9.45. The summed E-state index contributed by atoms with van der Waals surface area (Å²) in [7, 11) is 0. The second kappa shape index (κ2) is 3.98. The predicted molar refractivity (Wildman–Crippen MR) is 48.2 cm³/mol. The zero-order valence-corrected chi connectivity index (χ0v) is 10.1. The summed E-state index contributed by atoms with van der Waals surface area (Å²) in [6, 6.07) is 7.65. The third-order valence-corrected chi connectivity index (χ3v) is 2.19. The van der Waals surface area contributed by atoms with Crippen LogP contribution in [0.3, 0.4) is 0 Å². The number of aromatic amines is 1. The average molecular weight is 190 g/mol. The molecule has 0 aliphatic rings. The molecule has 2 nitrogen and oxygen atoms in total. The smallest absolute Gasteiger partial charge is 0.305 e. The van der Waals surface area contributed by atoms with E-state index >= 15 is 0 Å². The molecule has 0 aliphatic carbocycles. The Morgan fingerprint density at radius 1 is 1.27 bits per heavy atom. The van der Waals surface area contributed by atoms with E-state index in [0.29, 0.717) is 0 Å². The molecule has 2 aromatic rings. The van der Waals surface area contributed by atoms with Gasteiger partial charge in [-0.25, -0.2) is 0 Å². The maximum atomic E-state index is 10.8. The van der Waals surface area contributed by atoms with Gasteiger partial charge in [0.15, 0.2) is 0 Å². The maximum absolute atomic E-state index is 10.8. The number of rotatable bonds is 0. The molecule has 0 saturated carbocycles. The SMILES string of the molecule is O=c1[nH]c2ccccc2s1.[K]. The Bertz CT molecular complexity index is 370. The van der Waals surface area contributed by atoms with Crippen molar-refractivity contribution in [3.05, 3.63) is 33.9 Å². The Morgan fingerprint density at radius 2 is 2.00 bits per heavy atom. The number of hydrogen-bond acceptors (Lipinski definition) is 2. The van der Waals surface area contributed by atoms with E-state index in [2.05, 4.69) is 4.98 Å². The first kappa shape index (κ1) is 9.63. The van der Waals surface area contributed by atoms with Crippen LogP contribution in [0.5, 0.6) is 0 Å². The van der Waals surface area contributed by atoms with Crippen LogP contribution < -0.4 is 4.87 Å². The summed E-state index contributed by atoms with van der Waals surface area (Å²) >= 11 is 1.24. The van der Waals surface area contributed by atoms with Crippen molar-refractivity contribution in [1.82, 2.24) is 4.98 Å². The van der Waals surface area contributed by atoms with Gasteiger partial charge in [0.2, 0.25) is 0 Å². The van der Waals surface area contributed by atoms with Crippen LogP contribution in [0.2, 0.25) is 0 Å². The number of para-hydroxylation sites is 1. The van der Waals surface area contributed by atoms with Crippen molar-refractivity contribution in [2.45, 2.75) is 0 Å². The van der Waals surface area contributed by atoms with Crippen LogP contribution in [0, 0.1) is 0 Å². The van der Waals surface area contributed by atoms with Gasteiger partial charge in [0.1, 0.15) is 0 Å². The molecular weight excluding hydrogens is 185 g/mol. The van der Waals surface area contributed by atoms with Gasteiger partial charge in [-0.2, -0.15) is 0 Å². The van der Waals surface area contributed by atoms with E-state index in [-0.39, 0.29) is 56.3 Å². The standard InChI is InChI=1S/C7H5NOS.K/c9-7-8-5-3-1-2-4-6(5)10-7;/h1-4H,(H,8,9);. The van der Waals surface area contributed by atoms with Crippen molar-refractivity contribution in [1.29, 1.82) is 0 Å². The minimum absolute atomic E-state index is 0. The van der Waals surface area contributed by atoms with Gasteiger partial charge in [0.05, 0.1) is 10.2 Å². The van der Waals surface area contributed by atoms with Crippen LogP contribution >= 0.6 is 11.3 Å². The van der Waals surface area contributed by atoms with E-state index in [9.17, 15) is 4.79 Å². The summed E-state index contributed by atoms with van der Waals surface area (Å²) in [6.45, 7) is 0. The van der Waals surface area contributed by atoms with Crippen LogP contribution in [0.1, 0.15) is 0 Å². The molecule has 2 rings (SSSR count). The summed E-state index contributed by atoms with van der Waals surface area (Å²) < 4.78 is 1.02. The largest absolute Gasteiger partial charge is 0.312 e. The van der Waals surface area contributed by atoms with E-state index in [1.165, 1.54) is 11.3 Å². The Hall–Kier alpha value is 0.546. The van der Waals surface area contributed by atoms with Gasteiger partial charge in [0.25, 0.3) is 0 Å². The van der Waals surface area contributed by atoms with Crippen LogP contribution in [0.15, 0.2) is 29.1 Å². The fourth-order valence-corrected chi connectivity index (χ4v) is 1.63. The molecule has 0 atom stereocenters. The van der Waals surface area contributed by atoms with Crippen molar-refractivity contribution in [2.75, 3.05) is 0 Å². The number of nitrogens with one attached hydrogen (secondary N) is 1. The Balaban J connectivity index is 0.000000605. The molecule has 51 valence electrons. The summed E-state index contributed by atoms with van der Waals surface area (Å²) in [6.07, 6.45) is 0. The third kappa shape index (κ3) is 2.02. The molecular formula is C7H5KNOS. The topological polar surface area (TPSA) is 32.9 Å². The van der Waals surface area contributed by atoms with Gasteiger partial charge in [0, 0.05) is 51.4 Å². The summed E-state index contributed by atoms with van der Waals surface area (Å²) in [5.74, 6) is 0. The number of H-pyrrole nitrogens is 1. The van der Waals surface area contributed by atoms with Crippen molar-refractivity contribution in [3.63, 3.8) is 0 Å². The van der Waals surface area contributed by atoms with Gasteiger partial charge >= 0.3 is 4.87 Å². The first-order valence-corrected chi connectivity index (χ1v) is 3.76. The molecule has 1 radical (unpaired) electrons. The van der Waals surface area contributed by atoms with Crippen LogP contribution in [-0.2, 0) is 0 Å². The number of fused-ring (bicyclic) bond motifs is 1. The predicted octanol–water partition coefficient (Wildman–Crippen LogP) is 1.21. The van der Waals surface area contributed by atoms with E-state index in [1.54, 1.807) is 0 Å². The average Bonchev–Trinajstić information content (AvgIpc) is 2.27. The number of thiazole rings is 1. The first-order valence-electron chi connectivity index (χ1n) is 2.94. The van der Waals surface area contributed by atoms with Gasteiger partial charge in [-0.05, 0) is 12.1 Å². The van der Waals surface area contributed by atoms with Gasteiger partial charge < -0.3 is 4.98 Å². The van der Waals surface area contributed by atoms with Gasteiger partial charge in [-0.3, -0.25) is 4.79 Å². The zero-order chi connectivity index (χ0) is 6.97. The molecule has 0 spiro atoms. The van der Waals surface area contributed by atoms with Crippen molar-refractivity contribution < 1.29 is 0 Å². The molecule has 4 heteroatoms. The zero-order valence-electron chi connectivity index (χ0n) is 6.13. The van der Waals surface area contributed by atoms with Crippen LogP contribution in [-0.4, -0.2) is 56.4 Å². The summed E-state index contributed by atoms with van der Waals surface area (Å²) in [4.78, 5) is 13.5. The van der Waals surface area contributed by atoms with Gasteiger partial charge in [-0.1, -0.05) is 23.5 Å². The minimum atomic E-state index is 0. The fourth-order valence-electron chi connectivity index (χ4n) is 0.894. The Labute approximate surface area is 110 Å². The molecule has 0 unspecified atom stereocenters. The van der Waals surface area contributed by atoms with Crippen molar-refractivity contribution in [3.8, 4) is 0 Å². The van der Waals surface area contributed by atoms with E-state index < -0.39 is 0 Å². The maximum Gasteiger partial charge on any atom is 0.305 e. The molecule has 11 heavy (non-hydrogen) atoms. The summed E-state index contributed by atoms with van der Waals surface area (Å²) in [5, 5.41) is 0. The number of benzene rings is 1. The third-order valence-electron chi connectivity index (χ3n) is 1.33. The number of aromatic nitrogens is 1. The molecule has 1 heterocycles. The van der Waals surface area contributed by atoms with Gasteiger partial charge in [-0.15, -0.1) is 0 Å². The van der Waals surface area contributed by atoms with Crippen molar-refractivity contribution >= 4 is 72.9 Å². The monoisotopic (exact) mass is 190 g/mol. The molecule has 0 saturated heterocycles. The minimum Gasteiger partial charge on any atom is -0.312 e. The van der Waals surface area contributed by atoms with E-state index in [4.69, 9.17) is 0 Å². The molecule has 1 N–H and O–H groups in total. The second-order valence-corrected chi connectivity index (χ2v) is 3.03. The van der Waals surface area contributed by atoms with E-state index in [1.807, 2.05) is 24.3 Å². The molecule has 0 bridgehead atoms. The fraction of sp³-hybridized carbons (Fsp3) is 0. The Morgan fingerprint density at radius 3 is 2.73 bits per heavy atom. The molecule has 0 amide bonds. The Kier molecular flexibility index (Phi) is 3.48. The molecule has 1 aromatic heterocycles. The van der Waals surface area contributed by atoms with Crippen LogP contribution in [0.4, 0.5) is 0 Å². The molecule has 0 fully saturated rings. The molecule has 1 aromatic carbocycles. The first-order chi connectivity index (χ1) is 4.86. The second-order valence-electron chi connectivity index (χ2n) is 2.01. The van der Waals surface area contributed by atoms with Crippen LogP contribution in [0.25, 0.3) is 10.2 Å². The summed E-state index contributed by atoms with van der Waals surface area (Å²) in [5.41, 5.74) is 0.928. The quantitative estimate of drug-likeness (QED) is 0.622. The number of hydrogen-bond donors (Lipinski definition) is 1. The van der Waals surface area contributed by atoms with E-state index in [0.717, 1.165) is 10.2 Å². The molecule has 0 aliphatic heterocycles.